The number of carboxylic acids is 1. The van der Waals surface area contributed by atoms with E-state index >= 15 is 0 Å². The molecule has 11 heteroatoms. The first-order valence-electron chi connectivity index (χ1n) is 13.8. The molecule has 0 aliphatic heterocycles. The van der Waals surface area contributed by atoms with E-state index in [1.165, 1.54) is 49.0 Å². The van der Waals surface area contributed by atoms with Gasteiger partial charge in [-0.2, -0.15) is 0 Å². The van der Waals surface area contributed by atoms with Gasteiger partial charge in [0, 0.05) is 15.7 Å². The van der Waals surface area contributed by atoms with Crippen molar-refractivity contribution < 1.29 is 24.6 Å². The van der Waals surface area contributed by atoms with Gasteiger partial charge in [0.15, 0.2) is 11.2 Å². The number of carboxylic acid groups (broad SMARTS) is 1. The van der Waals surface area contributed by atoms with Crippen LogP contribution in [0.5, 0.6) is 0 Å². The summed E-state index contributed by atoms with van der Waals surface area (Å²) in [4.78, 5) is 43.1. The molecule has 1 saturated carbocycles. The number of hydrogen-bond donors (Lipinski definition) is 4. The van der Waals surface area contributed by atoms with Crippen LogP contribution in [-0.2, 0) is 11.3 Å². The third-order valence-electron chi connectivity index (χ3n) is 7.39. The summed E-state index contributed by atoms with van der Waals surface area (Å²) in [6.45, 7) is -0.159. The van der Waals surface area contributed by atoms with Crippen LogP contribution in [0.15, 0.2) is 71.2 Å². The molecule has 1 aliphatic rings. The first-order chi connectivity index (χ1) is 20.3. The van der Waals surface area contributed by atoms with Crippen molar-refractivity contribution in [3.63, 3.8) is 0 Å². The van der Waals surface area contributed by atoms with E-state index in [1.807, 2.05) is 30.3 Å². The van der Waals surface area contributed by atoms with Gasteiger partial charge in [0.2, 0.25) is 0 Å². The van der Waals surface area contributed by atoms with Crippen LogP contribution < -0.4 is 15.5 Å². The lowest BCUT2D eigenvalue weighted by molar-refractivity contribution is -0.146. The predicted molar refractivity (Wildman–Crippen MR) is 167 cm³/mol. The van der Waals surface area contributed by atoms with E-state index in [1.54, 1.807) is 29.2 Å². The van der Waals surface area contributed by atoms with Crippen molar-refractivity contribution in [1.82, 2.24) is 10.3 Å². The molecule has 3 amide bonds. The third-order valence-corrected chi connectivity index (χ3v) is 8.83. The minimum atomic E-state index is -1.68. The van der Waals surface area contributed by atoms with Crippen molar-refractivity contribution in [3.8, 4) is 0 Å². The molecule has 5 rings (SSSR count). The number of urea groups is 1. The van der Waals surface area contributed by atoms with Crippen LogP contribution in [0.25, 0.3) is 10.2 Å². The second kappa shape index (κ2) is 13.5. The molecule has 0 spiro atoms. The maximum absolute atomic E-state index is 13.7. The van der Waals surface area contributed by atoms with Crippen LogP contribution in [0, 0.1) is 0 Å². The van der Waals surface area contributed by atoms with E-state index in [9.17, 15) is 19.5 Å². The molecule has 0 saturated heterocycles. The van der Waals surface area contributed by atoms with Gasteiger partial charge in [0.05, 0.1) is 23.3 Å². The standard InChI is InChI=1S/C31H31BrN4O5S/c32-23-12-15-27-25(16-23)34-30(42-27)35-31(41)36(24-13-10-21(11-14-24)20-4-2-1-3-5-20)18-19-6-8-22(9-7-19)28(38)33-17-26(37)29(39)40/h6-16,20,26,37H,1-5,17-18H2,(H,33,38)(H,39,40)(H,34,35,41)/t26-/m1/s1. The number of carbonyl (C=O) groups is 3. The maximum atomic E-state index is 13.7. The average molecular weight is 652 g/mol. The van der Waals surface area contributed by atoms with Crippen molar-refractivity contribution in [2.75, 3.05) is 16.8 Å². The number of halogens is 1. The Bertz CT molecular complexity index is 1570. The Balaban J connectivity index is 1.34. The number of benzene rings is 3. The topological polar surface area (TPSA) is 132 Å². The number of aliphatic carboxylic acids is 1. The Labute approximate surface area is 255 Å². The molecule has 42 heavy (non-hydrogen) atoms. The van der Waals surface area contributed by atoms with Crippen LogP contribution in [0.3, 0.4) is 0 Å². The minimum Gasteiger partial charge on any atom is -0.479 e. The van der Waals surface area contributed by atoms with E-state index in [2.05, 4.69) is 43.7 Å². The second-order valence-electron chi connectivity index (χ2n) is 10.3. The number of anilines is 2. The summed E-state index contributed by atoms with van der Waals surface area (Å²) in [6, 6.07) is 20.3. The van der Waals surface area contributed by atoms with Crippen LogP contribution in [0.4, 0.5) is 15.6 Å². The van der Waals surface area contributed by atoms with E-state index in [-0.39, 0.29) is 12.6 Å². The van der Waals surface area contributed by atoms with Gasteiger partial charge in [-0.15, -0.1) is 0 Å². The maximum Gasteiger partial charge on any atom is 0.334 e. The Hall–Kier alpha value is -3.80. The van der Waals surface area contributed by atoms with Crippen molar-refractivity contribution >= 4 is 66.2 Å². The molecular formula is C31H31BrN4O5S. The largest absolute Gasteiger partial charge is 0.479 e. The Kier molecular flexibility index (Phi) is 9.51. The molecule has 1 heterocycles. The summed E-state index contributed by atoms with van der Waals surface area (Å²) in [6.07, 6.45) is 4.47. The van der Waals surface area contributed by atoms with Crippen molar-refractivity contribution in [3.05, 3.63) is 87.9 Å². The quantitative estimate of drug-likeness (QED) is 0.163. The Morgan fingerprint density at radius 2 is 1.71 bits per heavy atom. The summed E-state index contributed by atoms with van der Waals surface area (Å²) in [5.74, 6) is -1.36. The average Bonchev–Trinajstić information content (AvgIpc) is 3.40. The van der Waals surface area contributed by atoms with E-state index < -0.39 is 24.5 Å². The first-order valence-corrected chi connectivity index (χ1v) is 15.4. The van der Waals surface area contributed by atoms with Gasteiger partial charge in [-0.25, -0.2) is 14.6 Å². The fourth-order valence-electron chi connectivity index (χ4n) is 5.08. The van der Waals surface area contributed by atoms with Crippen LogP contribution in [-0.4, -0.2) is 45.8 Å². The number of rotatable bonds is 9. The monoisotopic (exact) mass is 650 g/mol. The summed E-state index contributed by atoms with van der Waals surface area (Å²) in [5, 5.41) is 24.1. The molecule has 3 aromatic carbocycles. The Morgan fingerprint density at radius 1 is 1.00 bits per heavy atom. The van der Waals surface area contributed by atoms with Crippen LogP contribution in [0.2, 0.25) is 0 Å². The highest BCUT2D eigenvalue weighted by atomic mass is 79.9. The second-order valence-corrected chi connectivity index (χ2v) is 12.3. The zero-order valence-electron chi connectivity index (χ0n) is 22.8. The van der Waals surface area contributed by atoms with Crippen LogP contribution in [0.1, 0.15) is 59.5 Å². The zero-order chi connectivity index (χ0) is 29.6. The van der Waals surface area contributed by atoms with E-state index in [0.29, 0.717) is 16.6 Å². The smallest absolute Gasteiger partial charge is 0.334 e. The number of fused-ring (bicyclic) bond motifs is 1. The predicted octanol–water partition coefficient (Wildman–Crippen LogP) is 6.52. The summed E-state index contributed by atoms with van der Waals surface area (Å²) in [5.41, 5.74) is 3.92. The van der Waals surface area contributed by atoms with Crippen molar-refractivity contribution in [2.45, 2.75) is 50.7 Å². The summed E-state index contributed by atoms with van der Waals surface area (Å²) < 4.78 is 1.87. The number of nitrogens with one attached hydrogen (secondary N) is 2. The van der Waals surface area contributed by atoms with Gasteiger partial charge in [-0.05, 0) is 72.4 Å². The number of aromatic nitrogens is 1. The normalized spacial score (nSPS) is 14.3. The summed E-state index contributed by atoms with van der Waals surface area (Å²) in [7, 11) is 0. The molecule has 0 unspecified atom stereocenters. The molecule has 9 nitrogen and oxygen atoms in total. The summed E-state index contributed by atoms with van der Waals surface area (Å²) >= 11 is 4.86. The first kappa shape index (κ1) is 29.7. The number of aliphatic hydroxyl groups is 1. The highest BCUT2D eigenvalue weighted by Crippen LogP contribution is 2.34. The zero-order valence-corrected chi connectivity index (χ0v) is 25.2. The van der Waals surface area contributed by atoms with Gasteiger partial charge in [-0.3, -0.25) is 15.0 Å². The van der Waals surface area contributed by atoms with Crippen molar-refractivity contribution in [1.29, 1.82) is 0 Å². The highest BCUT2D eigenvalue weighted by Gasteiger charge is 2.21. The third kappa shape index (κ3) is 7.33. The fraction of sp³-hybridized carbons (Fsp3) is 0.290. The minimum absolute atomic E-state index is 0.241. The molecule has 0 bridgehead atoms. The number of amides is 3. The highest BCUT2D eigenvalue weighted by molar-refractivity contribution is 9.10. The van der Waals surface area contributed by atoms with Crippen molar-refractivity contribution in [2.24, 2.45) is 0 Å². The van der Waals surface area contributed by atoms with E-state index in [0.717, 1.165) is 25.9 Å². The number of carbonyl (C=O) groups excluding carboxylic acids is 2. The molecule has 4 aromatic rings. The van der Waals surface area contributed by atoms with Gasteiger partial charge < -0.3 is 15.5 Å². The van der Waals surface area contributed by atoms with Crippen LogP contribution >= 0.6 is 27.3 Å². The number of hydrogen-bond acceptors (Lipinski definition) is 6. The molecule has 1 atom stereocenters. The molecule has 1 aromatic heterocycles. The number of aliphatic hydroxyl groups excluding tert-OH is 1. The molecule has 1 fully saturated rings. The SMILES string of the molecule is O=C(NC[C@@H](O)C(=O)O)c1ccc(CN(C(=O)Nc2nc3cc(Br)ccc3s2)c2ccc(C3CCCCC3)cc2)cc1. The molecule has 1 aliphatic carbocycles. The molecule has 218 valence electrons. The van der Waals surface area contributed by atoms with Gasteiger partial charge in [0.1, 0.15) is 0 Å². The molecular weight excluding hydrogens is 620 g/mol. The lowest BCUT2D eigenvalue weighted by Crippen LogP contribution is -2.36. The number of nitrogens with zero attached hydrogens (tertiary/aromatic N) is 2. The van der Waals surface area contributed by atoms with Gasteiger partial charge in [-0.1, -0.05) is 70.8 Å². The lowest BCUT2D eigenvalue weighted by atomic mass is 9.84. The Morgan fingerprint density at radius 3 is 2.40 bits per heavy atom. The fourth-order valence-corrected chi connectivity index (χ4v) is 6.26. The lowest BCUT2D eigenvalue weighted by Gasteiger charge is -2.25. The van der Waals surface area contributed by atoms with Gasteiger partial charge >= 0.3 is 12.0 Å². The molecule has 4 N–H and O–H groups in total. The number of thiazole rings is 1. The van der Waals surface area contributed by atoms with E-state index in [4.69, 9.17) is 5.11 Å². The molecule has 0 radical (unpaired) electrons. The van der Waals surface area contributed by atoms with Gasteiger partial charge in [0.25, 0.3) is 5.91 Å².